The maximum atomic E-state index is 13.3. The predicted octanol–water partition coefficient (Wildman–Crippen LogP) is 1.10. The third-order valence-electron chi connectivity index (χ3n) is 4.13. The lowest BCUT2D eigenvalue weighted by molar-refractivity contribution is -0.172. The molecular weight excluding hydrogens is 338 g/mol. The predicted molar refractivity (Wildman–Crippen MR) is 79.8 cm³/mol. The van der Waals surface area contributed by atoms with Crippen LogP contribution in [0.5, 0.6) is 0 Å². The number of morpholine rings is 1. The summed E-state index contributed by atoms with van der Waals surface area (Å²) in [7, 11) is 0. The zero-order chi connectivity index (χ0) is 18.0. The summed E-state index contributed by atoms with van der Waals surface area (Å²) in [4.78, 5) is 42.5. The highest BCUT2D eigenvalue weighted by Gasteiger charge is 2.40. The Hall–Kier alpha value is -2.39. The van der Waals surface area contributed by atoms with Crippen LogP contribution < -0.4 is 0 Å². The first-order valence-electron chi connectivity index (χ1n) is 7.77. The van der Waals surface area contributed by atoms with E-state index in [0.29, 0.717) is 18.3 Å². The van der Waals surface area contributed by atoms with Gasteiger partial charge in [0.1, 0.15) is 0 Å². The number of carbonyl (C=O) groups excluding carboxylic acids is 3. The molecule has 0 aromatic heterocycles. The van der Waals surface area contributed by atoms with Gasteiger partial charge in [0.2, 0.25) is 0 Å². The van der Waals surface area contributed by atoms with Gasteiger partial charge in [-0.1, -0.05) is 17.2 Å². The van der Waals surface area contributed by atoms with Crippen molar-refractivity contribution in [3.63, 3.8) is 0 Å². The Labute approximate surface area is 142 Å². The number of ether oxygens (including phenoxy) is 1. The highest BCUT2D eigenvalue weighted by molar-refractivity contribution is 6.20. The van der Waals surface area contributed by atoms with Crippen LogP contribution in [0, 0.1) is 0 Å². The second-order valence-electron chi connectivity index (χ2n) is 5.67. The van der Waals surface area contributed by atoms with Crippen molar-refractivity contribution in [3.8, 4) is 0 Å². The minimum Gasteiger partial charge on any atom is -0.379 e. The van der Waals surface area contributed by atoms with E-state index < -0.39 is 36.7 Å². The maximum Gasteiger partial charge on any atom is 0.335 e. The first kappa shape index (κ1) is 17.4. The number of amides is 2. The Morgan fingerprint density at radius 3 is 2.20 bits per heavy atom. The average molecular weight is 354 g/mol. The van der Waals surface area contributed by atoms with Gasteiger partial charge in [0.15, 0.2) is 0 Å². The summed E-state index contributed by atoms with van der Waals surface area (Å²) in [5, 5.41) is 0.328. The van der Waals surface area contributed by atoms with Crippen LogP contribution in [-0.4, -0.2) is 66.5 Å². The number of alkyl halides is 2. The molecule has 2 amide bonds. The molecule has 2 heterocycles. The van der Waals surface area contributed by atoms with Crippen LogP contribution >= 0.6 is 0 Å². The van der Waals surface area contributed by atoms with Crippen molar-refractivity contribution in [2.45, 2.75) is 18.9 Å². The van der Waals surface area contributed by atoms with E-state index in [1.54, 1.807) is 12.1 Å². The van der Waals surface area contributed by atoms with Crippen molar-refractivity contribution >= 4 is 17.8 Å². The molecule has 0 spiro atoms. The Bertz CT molecular complexity index is 656. The van der Waals surface area contributed by atoms with Crippen LogP contribution in [0.25, 0.3) is 0 Å². The van der Waals surface area contributed by atoms with Crippen molar-refractivity contribution in [2.24, 2.45) is 0 Å². The quantitative estimate of drug-likeness (QED) is 0.737. The lowest BCUT2D eigenvalue weighted by atomic mass is 10.1. The number of hydrogen-bond acceptors (Lipinski definition) is 6. The van der Waals surface area contributed by atoms with Crippen LogP contribution in [0.1, 0.15) is 27.1 Å². The van der Waals surface area contributed by atoms with Crippen LogP contribution in [0.4, 0.5) is 8.78 Å². The first-order valence-corrected chi connectivity index (χ1v) is 7.77. The molecule has 1 atom stereocenters. The van der Waals surface area contributed by atoms with Gasteiger partial charge in [-0.15, -0.1) is 0 Å². The van der Waals surface area contributed by atoms with Gasteiger partial charge in [-0.05, 0) is 12.1 Å². The molecule has 0 saturated carbocycles. The summed E-state index contributed by atoms with van der Waals surface area (Å²) in [6.45, 7) is 1.15. The minimum atomic E-state index is -2.77. The fraction of sp³-hybridized carbons (Fsp3) is 0.438. The van der Waals surface area contributed by atoms with Gasteiger partial charge in [-0.3, -0.25) is 14.5 Å². The van der Waals surface area contributed by atoms with E-state index in [0.717, 1.165) is 0 Å². The highest BCUT2D eigenvalue weighted by atomic mass is 19.3. The SMILES string of the molecule is O=C(CC(C(F)F)N1CCOCC1)ON1C(=O)c2ccccc2C1=O. The Balaban J connectivity index is 1.66. The van der Waals surface area contributed by atoms with Gasteiger partial charge < -0.3 is 9.57 Å². The summed E-state index contributed by atoms with van der Waals surface area (Å²) in [5.74, 6) is -2.63. The van der Waals surface area contributed by atoms with Gasteiger partial charge in [-0.2, -0.15) is 0 Å². The summed E-state index contributed by atoms with van der Waals surface area (Å²) in [5.41, 5.74) is 0.220. The molecule has 1 fully saturated rings. The lowest BCUT2D eigenvalue weighted by Gasteiger charge is -2.33. The van der Waals surface area contributed by atoms with Crippen molar-refractivity contribution < 1.29 is 32.7 Å². The zero-order valence-corrected chi connectivity index (χ0v) is 13.2. The van der Waals surface area contributed by atoms with Crippen LogP contribution in [-0.2, 0) is 14.4 Å². The largest absolute Gasteiger partial charge is 0.379 e. The van der Waals surface area contributed by atoms with Crippen molar-refractivity contribution in [3.05, 3.63) is 35.4 Å². The summed E-state index contributed by atoms with van der Waals surface area (Å²) in [6, 6.07) is 4.64. The number of rotatable bonds is 5. The van der Waals surface area contributed by atoms with E-state index in [-0.39, 0.29) is 24.2 Å². The van der Waals surface area contributed by atoms with Crippen molar-refractivity contribution in [2.75, 3.05) is 26.3 Å². The molecule has 0 aliphatic carbocycles. The fourth-order valence-electron chi connectivity index (χ4n) is 2.85. The van der Waals surface area contributed by atoms with Crippen LogP contribution in [0.3, 0.4) is 0 Å². The molecule has 9 heteroatoms. The van der Waals surface area contributed by atoms with Gasteiger partial charge in [0.05, 0.1) is 36.8 Å². The fourth-order valence-corrected chi connectivity index (χ4v) is 2.85. The van der Waals surface area contributed by atoms with E-state index >= 15 is 0 Å². The number of halogens is 2. The molecule has 0 bridgehead atoms. The number of nitrogens with zero attached hydrogens (tertiary/aromatic N) is 2. The Morgan fingerprint density at radius 1 is 1.12 bits per heavy atom. The lowest BCUT2D eigenvalue weighted by Crippen LogP contribution is -2.48. The zero-order valence-electron chi connectivity index (χ0n) is 13.2. The third kappa shape index (κ3) is 3.52. The topological polar surface area (TPSA) is 76.2 Å². The van der Waals surface area contributed by atoms with Crippen molar-refractivity contribution in [1.29, 1.82) is 0 Å². The molecule has 0 N–H and O–H groups in total. The number of hydroxylamine groups is 2. The monoisotopic (exact) mass is 354 g/mol. The smallest absolute Gasteiger partial charge is 0.335 e. The molecule has 1 aromatic rings. The Kier molecular flexibility index (Phi) is 5.05. The number of fused-ring (bicyclic) bond motifs is 1. The molecule has 1 aromatic carbocycles. The molecule has 1 saturated heterocycles. The number of benzene rings is 1. The maximum absolute atomic E-state index is 13.3. The standard InChI is InChI=1S/C16H16F2N2O5/c17-14(18)12(19-5-7-24-8-6-19)9-13(21)25-20-15(22)10-3-1-2-4-11(10)16(20)23/h1-4,12,14H,5-9H2. The second-order valence-corrected chi connectivity index (χ2v) is 5.67. The van der Waals surface area contributed by atoms with Gasteiger partial charge >= 0.3 is 5.97 Å². The first-order chi connectivity index (χ1) is 12.0. The number of hydrogen-bond donors (Lipinski definition) is 0. The molecule has 0 radical (unpaired) electrons. The van der Waals surface area contributed by atoms with Gasteiger partial charge in [-0.25, -0.2) is 13.6 Å². The molecule has 134 valence electrons. The third-order valence-corrected chi connectivity index (χ3v) is 4.13. The molecule has 2 aliphatic rings. The summed E-state index contributed by atoms with van der Waals surface area (Å²) in [6.07, 6.45) is -3.40. The second kappa shape index (κ2) is 7.24. The van der Waals surface area contributed by atoms with Gasteiger partial charge in [0, 0.05) is 13.1 Å². The molecule has 2 aliphatic heterocycles. The normalized spacial score (nSPS) is 19.2. The van der Waals surface area contributed by atoms with E-state index in [4.69, 9.17) is 9.57 Å². The number of carbonyl (C=O) groups is 3. The van der Waals surface area contributed by atoms with Crippen molar-refractivity contribution in [1.82, 2.24) is 9.96 Å². The van der Waals surface area contributed by atoms with Gasteiger partial charge in [0.25, 0.3) is 18.2 Å². The molecule has 1 unspecified atom stereocenters. The Morgan fingerprint density at radius 2 is 1.68 bits per heavy atom. The molecular formula is C16H16F2N2O5. The van der Waals surface area contributed by atoms with Crippen LogP contribution in [0.15, 0.2) is 24.3 Å². The highest BCUT2D eigenvalue weighted by Crippen LogP contribution is 2.24. The molecule has 25 heavy (non-hydrogen) atoms. The van der Waals surface area contributed by atoms with E-state index in [9.17, 15) is 23.2 Å². The van der Waals surface area contributed by atoms with E-state index in [1.807, 2.05) is 0 Å². The molecule has 7 nitrogen and oxygen atoms in total. The van der Waals surface area contributed by atoms with Crippen LogP contribution in [0.2, 0.25) is 0 Å². The molecule has 3 rings (SSSR count). The summed E-state index contributed by atoms with van der Waals surface area (Å²) < 4.78 is 31.7. The minimum absolute atomic E-state index is 0.110. The van der Waals surface area contributed by atoms with E-state index in [1.165, 1.54) is 17.0 Å². The average Bonchev–Trinajstić information content (AvgIpc) is 2.85. The summed E-state index contributed by atoms with van der Waals surface area (Å²) >= 11 is 0. The number of imide groups is 1. The van der Waals surface area contributed by atoms with E-state index in [2.05, 4.69) is 0 Å².